The Balaban J connectivity index is 0.000000765. The molecule has 2 aromatic carbocycles. The van der Waals surface area contributed by atoms with Gasteiger partial charge in [0.15, 0.2) is 0 Å². The Bertz CT molecular complexity index is 663. The first-order valence-corrected chi connectivity index (χ1v) is 9.08. The molecule has 0 amide bonds. The molecule has 0 bridgehead atoms. The Hall–Kier alpha value is -2.04. The smallest absolute Gasteiger partial charge is 0.122 e. The maximum atomic E-state index is 10.5. The summed E-state index contributed by atoms with van der Waals surface area (Å²) in [4.78, 5) is 0. The monoisotopic (exact) mass is 360 g/mol. The standard InChI is InChI=1S/C20H26O2.C2H6O2/c1-6-7-16(17-10-12(2)8-14(4)19(17)21)18-11-13(3)9-15(5)20(18)22;3-1-2-4/h8-11,16,21-22H,6-7H2,1-5H3;3-4H,1-2H2. The van der Waals surface area contributed by atoms with Crippen molar-refractivity contribution < 1.29 is 20.4 Å². The van der Waals surface area contributed by atoms with Crippen molar-refractivity contribution in [3.05, 3.63) is 57.6 Å². The molecular weight excluding hydrogens is 328 g/mol. The maximum absolute atomic E-state index is 10.5. The average molecular weight is 360 g/mol. The van der Waals surface area contributed by atoms with Gasteiger partial charge in [0.05, 0.1) is 13.2 Å². The third kappa shape index (κ3) is 5.48. The number of hydrogen-bond donors (Lipinski definition) is 4. The van der Waals surface area contributed by atoms with Crippen LogP contribution in [0.25, 0.3) is 0 Å². The van der Waals surface area contributed by atoms with Gasteiger partial charge in [-0.3, -0.25) is 0 Å². The quantitative estimate of drug-likeness (QED) is 0.643. The van der Waals surface area contributed by atoms with E-state index in [9.17, 15) is 10.2 Å². The fourth-order valence-electron chi connectivity index (χ4n) is 3.28. The van der Waals surface area contributed by atoms with Crippen molar-refractivity contribution in [2.75, 3.05) is 13.2 Å². The number of phenolic OH excluding ortho intramolecular Hbond substituents is 2. The largest absolute Gasteiger partial charge is 0.507 e. The molecule has 0 aliphatic carbocycles. The molecular formula is C22H32O4. The molecule has 0 radical (unpaired) electrons. The zero-order chi connectivity index (χ0) is 19.9. The van der Waals surface area contributed by atoms with Crippen LogP contribution >= 0.6 is 0 Å². The second-order valence-electron chi connectivity index (χ2n) is 6.83. The van der Waals surface area contributed by atoms with E-state index >= 15 is 0 Å². The Morgan fingerprint density at radius 3 is 1.42 bits per heavy atom. The van der Waals surface area contributed by atoms with Crippen LogP contribution in [0.4, 0.5) is 0 Å². The highest BCUT2D eigenvalue weighted by atomic mass is 16.3. The molecule has 2 rings (SSSR count). The number of rotatable bonds is 5. The van der Waals surface area contributed by atoms with Crippen LogP contribution in [-0.2, 0) is 0 Å². The SMILES string of the molecule is CCCC(c1cc(C)cc(C)c1O)c1cc(C)cc(C)c1O.OCCO. The lowest BCUT2D eigenvalue weighted by molar-refractivity contribution is 0.186. The van der Waals surface area contributed by atoms with Gasteiger partial charge in [0.1, 0.15) is 11.5 Å². The molecule has 4 N–H and O–H groups in total. The topological polar surface area (TPSA) is 80.9 Å². The molecule has 4 nitrogen and oxygen atoms in total. The van der Waals surface area contributed by atoms with E-state index in [0.29, 0.717) is 11.5 Å². The molecule has 0 saturated heterocycles. The lowest BCUT2D eigenvalue weighted by Gasteiger charge is -2.22. The maximum Gasteiger partial charge on any atom is 0.122 e. The first-order valence-electron chi connectivity index (χ1n) is 9.08. The first kappa shape index (κ1) is 22.0. The fourth-order valence-corrected chi connectivity index (χ4v) is 3.28. The summed E-state index contributed by atoms with van der Waals surface area (Å²) in [7, 11) is 0. The highest BCUT2D eigenvalue weighted by Gasteiger charge is 2.22. The number of aliphatic hydroxyl groups excluding tert-OH is 2. The van der Waals surface area contributed by atoms with Crippen LogP contribution < -0.4 is 0 Å². The molecule has 26 heavy (non-hydrogen) atoms. The molecule has 0 unspecified atom stereocenters. The molecule has 0 spiro atoms. The zero-order valence-electron chi connectivity index (χ0n) is 16.5. The summed E-state index contributed by atoms with van der Waals surface area (Å²) in [6.07, 6.45) is 1.89. The molecule has 0 aliphatic rings. The number of benzene rings is 2. The van der Waals surface area contributed by atoms with Gasteiger partial charge < -0.3 is 20.4 Å². The van der Waals surface area contributed by atoms with E-state index in [1.807, 2.05) is 52.0 Å². The summed E-state index contributed by atoms with van der Waals surface area (Å²) in [5.41, 5.74) is 5.88. The normalized spacial score (nSPS) is 10.6. The van der Waals surface area contributed by atoms with E-state index in [4.69, 9.17) is 10.2 Å². The van der Waals surface area contributed by atoms with E-state index in [-0.39, 0.29) is 19.1 Å². The third-order valence-electron chi connectivity index (χ3n) is 4.38. The van der Waals surface area contributed by atoms with E-state index < -0.39 is 0 Å². The van der Waals surface area contributed by atoms with E-state index in [1.54, 1.807) is 0 Å². The van der Waals surface area contributed by atoms with E-state index in [1.165, 1.54) is 0 Å². The van der Waals surface area contributed by atoms with Crippen molar-refractivity contribution in [2.45, 2.75) is 53.4 Å². The molecule has 0 atom stereocenters. The number of phenols is 2. The summed E-state index contributed by atoms with van der Waals surface area (Å²) in [6.45, 7) is 9.82. The number of aliphatic hydroxyl groups is 2. The van der Waals surface area contributed by atoms with Crippen LogP contribution in [-0.4, -0.2) is 33.6 Å². The Morgan fingerprint density at radius 1 is 0.731 bits per heavy atom. The Kier molecular flexibility index (Phi) is 8.62. The average Bonchev–Trinajstić information content (AvgIpc) is 2.59. The van der Waals surface area contributed by atoms with Gasteiger partial charge in [0.2, 0.25) is 0 Å². The number of aryl methyl sites for hydroxylation is 4. The van der Waals surface area contributed by atoms with Crippen molar-refractivity contribution in [3.8, 4) is 11.5 Å². The highest BCUT2D eigenvalue weighted by molar-refractivity contribution is 5.53. The summed E-state index contributed by atoms with van der Waals surface area (Å²) >= 11 is 0. The van der Waals surface area contributed by atoms with Gasteiger partial charge in [-0.15, -0.1) is 0 Å². The van der Waals surface area contributed by atoms with Crippen LogP contribution in [0.2, 0.25) is 0 Å². The summed E-state index contributed by atoms with van der Waals surface area (Å²) < 4.78 is 0. The van der Waals surface area contributed by atoms with Gasteiger partial charge in [0, 0.05) is 17.0 Å². The van der Waals surface area contributed by atoms with Gasteiger partial charge in [-0.1, -0.05) is 48.7 Å². The Labute approximate surface area is 156 Å². The van der Waals surface area contributed by atoms with Gasteiger partial charge in [0.25, 0.3) is 0 Å². The van der Waals surface area contributed by atoms with Crippen molar-refractivity contribution in [3.63, 3.8) is 0 Å². The second kappa shape index (κ2) is 10.2. The second-order valence-corrected chi connectivity index (χ2v) is 6.83. The molecule has 4 heteroatoms. The highest BCUT2D eigenvalue weighted by Crippen LogP contribution is 2.41. The molecule has 0 fully saturated rings. The van der Waals surface area contributed by atoms with Crippen molar-refractivity contribution in [1.82, 2.24) is 0 Å². The minimum atomic E-state index is -0.125. The van der Waals surface area contributed by atoms with Gasteiger partial charge in [-0.05, 0) is 45.2 Å². The first-order chi connectivity index (χ1) is 12.3. The lowest BCUT2D eigenvalue weighted by atomic mass is 9.83. The van der Waals surface area contributed by atoms with Crippen LogP contribution in [0.5, 0.6) is 11.5 Å². The molecule has 2 aromatic rings. The summed E-state index contributed by atoms with van der Waals surface area (Å²) in [5.74, 6) is 0.715. The lowest BCUT2D eigenvalue weighted by Crippen LogP contribution is -2.04. The van der Waals surface area contributed by atoms with Gasteiger partial charge >= 0.3 is 0 Å². The van der Waals surface area contributed by atoms with Gasteiger partial charge in [-0.2, -0.15) is 0 Å². The predicted octanol–water partition coefficient (Wildman–Crippen LogP) is 4.23. The third-order valence-corrected chi connectivity index (χ3v) is 4.38. The van der Waals surface area contributed by atoms with Crippen LogP contribution in [0.1, 0.15) is 59.1 Å². The predicted molar refractivity (Wildman–Crippen MR) is 106 cm³/mol. The zero-order valence-corrected chi connectivity index (χ0v) is 16.5. The van der Waals surface area contributed by atoms with E-state index in [0.717, 1.165) is 46.2 Å². The minimum absolute atomic E-state index is 0.0159. The van der Waals surface area contributed by atoms with Crippen molar-refractivity contribution in [2.24, 2.45) is 0 Å². The van der Waals surface area contributed by atoms with Crippen molar-refractivity contribution >= 4 is 0 Å². The molecule has 0 heterocycles. The molecule has 0 saturated carbocycles. The summed E-state index contributed by atoms with van der Waals surface area (Å²) in [6, 6.07) is 8.06. The molecule has 0 aliphatic heterocycles. The van der Waals surface area contributed by atoms with Crippen molar-refractivity contribution in [1.29, 1.82) is 0 Å². The van der Waals surface area contributed by atoms with Crippen LogP contribution in [0.15, 0.2) is 24.3 Å². The summed E-state index contributed by atoms with van der Waals surface area (Å²) in [5, 5.41) is 36.3. The van der Waals surface area contributed by atoms with Crippen LogP contribution in [0, 0.1) is 27.7 Å². The minimum Gasteiger partial charge on any atom is -0.507 e. The van der Waals surface area contributed by atoms with Crippen LogP contribution in [0.3, 0.4) is 0 Å². The van der Waals surface area contributed by atoms with Gasteiger partial charge in [-0.25, -0.2) is 0 Å². The van der Waals surface area contributed by atoms with E-state index in [2.05, 4.69) is 6.92 Å². The number of hydrogen-bond acceptors (Lipinski definition) is 4. The molecule has 144 valence electrons. The fraction of sp³-hybridized carbons (Fsp3) is 0.455. The Morgan fingerprint density at radius 2 is 1.12 bits per heavy atom. The number of aromatic hydroxyl groups is 2. The molecule has 0 aromatic heterocycles.